The fraction of sp³-hybridized carbons (Fsp3) is 0.600. The van der Waals surface area contributed by atoms with Crippen molar-refractivity contribution in [2.45, 2.75) is 26.4 Å². The number of carbonyl (C=O) groups excluding carboxylic acids is 1. The molecule has 0 unspecified atom stereocenters. The summed E-state index contributed by atoms with van der Waals surface area (Å²) in [5, 5.41) is 0. The molecule has 5 heteroatoms. The van der Waals surface area contributed by atoms with E-state index in [1.807, 2.05) is 13.8 Å². The molecule has 0 aliphatic carbocycles. The molecule has 0 saturated heterocycles. The first kappa shape index (κ1) is 11.6. The summed E-state index contributed by atoms with van der Waals surface area (Å²) in [4.78, 5) is 24.7. The van der Waals surface area contributed by atoms with E-state index in [0.717, 1.165) is 0 Å². The lowest BCUT2D eigenvalue weighted by Crippen LogP contribution is -2.37. The number of imidazole rings is 1. The van der Waals surface area contributed by atoms with Crippen molar-refractivity contribution < 1.29 is 4.79 Å². The lowest BCUT2D eigenvalue weighted by molar-refractivity contribution is -0.132. The summed E-state index contributed by atoms with van der Waals surface area (Å²) in [6, 6.07) is 0.150. The Morgan fingerprint density at radius 1 is 1.47 bits per heavy atom. The number of likely N-dealkylation sites (N-methyl/N-ethyl adjacent to an activating group) is 1. The van der Waals surface area contributed by atoms with Gasteiger partial charge in [-0.05, 0) is 13.8 Å². The Bertz CT molecular complexity index is 403. The maximum absolute atomic E-state index is 11.7. The topological polar surface area (TPSA) is 47.2 Å². The molecule has 5 nitrogen and oxygen atoms in total. The van der Waals surface area contributed by atoms with Gasteiger partial charge in [0, 0.05) is 32.5 Å². The quantitative estimate of drug-likeness (QED) is 0.709. The van der Waals surface area contributed by atoms with Crippen molar-refractivity contribution in [2.24, 2.45) is 7.05 Å². The molecule has 15 heavy (non-hydrogen) atoms. The van der Waals surface area contributed by atoms with E-state index in [1.54, 1.807) is 31.4 Å². The molecule has 0 atom stereocenters. The second kappa shape index (κ2) is 4.33. The summed E-state index contributed by atoms with van der Waals surface area (Å²) in [5.74, 6) is -0.0571. The van der Waals surface area contributed by atoms with Crippen LogP contribution in [0.15, 0.2) is 17.2 Å². The van der Waals surface area contributed by atoms with Crippen LogP contribution < -0.4 is 5.69 Å². The summed E-state index contributed by atoms with van der Waals surface area (Å²) in [7, 11) is 3.40. The average molecular weight is 211 g/mol. The number of aromatic nitrogens is 2. The maximum atomic E-state index is 11.7. The van der Waals surface area contributed by atoms with Crippen LogP contribution in [0.1, 0.15) is 13.8 Å². The van der Waals surface area contributed by atoms with Crippen LogP contribution in [-0.4, -0.2) is 33.0 Å². The molecule has 0 fully saturated rings. The van der Waals surface area contributed by atoms with Gasteiger partial charge in [-0.25, -0.2) is 4.79 Å². The van der Waals surface area contributed by atoms with Crippen LogP contribution in [0.25, 0.3) is 0 Å². The number of hydrogen-bond donors (Lipinski definition) is 0. The third-order valence-electron chi connectivity index (χ3n) is 2.49. The Balaban J connectivity index is 2.75. The van der Waals surface area contributed by atoms with Gasteiger partial charge in [0.25, 0.3) is 0 Å². The number of carbonyl (C=O) groups is 1. The van der Waals surface area contributed by atoms with Crippen molar-refractivity contribution in [1.82, 2.24) is 14.0 Å². The molecule has 0 aromatic carbocycles. The molecular formula is C10H17N3O2. The van der Waals surface area contributed by atoms with Crippen molar-refractivity contribution in [3.63, 3.8) is 0 Å². The number of hydrogen-bond acceptors (Lipinski definition) is 2. The number of nitrogens with zero attached hydrogens (tertiary/aromatic N) is 3. The Morgan fingerprint density at radius 3 is 2.47 bits per heavy atom. The van der Waals surface area contributed by atoms with Gasteiger partial charge in [-0.1, -0.05) is 0 Å². The number of aryl methyl sites for hydroxylation is 1. The van der Waals surface area contributed by atoms with E-state index in [-0.39, 0.29) is 24.2 Å². The van der Waals surface area contributed by atoms with Gasteiger partial charge in [-0.15, -0.1) is 0 Å². The zero-order chi connectivity index (χ0) is 11.6. The first-order valence-electron chi connectivity index (χ1n) is 4.91. The predicted octanol–water partition coefficient (Wildman–Crippen LogP) is 0.0536. The van der Waals surface area contributed by atoms with Crippen LogP contribution in [0.2, 0.25) is 0 Å². The molecule has 1 heterocycles. The van der Waals surface area contributed by atoms with Gasteiger partial charge in [-0.2, -0.15) is 0 Å². The molecule has 84 valence electrons. The smallest absolute Gasteiger partial charge is 0.328 e. The Hall–Kier alpha value is -1.52. The highest BCUT2D eigenvalue weighted by Crippen LogP contribution is 1.96. The summed E-state index contributed by atoms with van der Waals surface area (Å²) >= 11 is 0. The minimum absolute atomic E-state index is 0.0571. The molecule has 0 N–H and O–H groups in total. The second-order valence-corrected chi connectivity index (χ2v) is 3.92. The van der Waals surface area contributed by atoms with Crippen LogP contribution >= 0.6 is 0 Å². The van der Waals surface area contributed by atoms with E-state index < -0.39 is 0 Å². The van der Waals surface area contributed by atoms with Crippen molar-refractivity contribution in [2.75, 3.05) is 7.05 Å². The maximum Gasteiger partial charge on any atom is 0.328 e. The number of rotatable bonds is 3. The van der Waals surface area contributed by atoms with Crippen LogP contribution in [0.5, 0.6) is 0 Å². The molecule has 1 rings (SSSR count). The molecule has 0 bridgehead atoms. The Labute approximate surface area is 88.9 Å². The normalized spacial score (nSPS) is 10.7. The van der Waals surface area contributed by atoms with E-state index in [0.29, 0.717) is 0 Å². The van der Waals surface area contributed by atoms with Crippen molar-refractivity contribution in [3.8, 4) is 0 Å². The second-order valence-electron chi connectivity index (χ2n) is 3.92. The molecule has 0 aliphatic heterocycles. The fourth-order valence-corrected chi connectivity index (χ4v) is 1.18. The van der Waals surface area contributed by atoms with Crippen LogP contribution in [0, 0.1) is 0 Å². The molecule has 0 saturated carbocycles. The number of amides is 1. The Kier molecular flexibility index (Phi) is 3.34. The van der Waals surface area contributed by atoms with Crippen LogP contribution in [0.4, 0.5) is 0 Å². The first-order valence-corrected chi connectivity index (χ1v) is 4.91. The lowest BCUT2D eigenvalue weighted by Gasteiger charge is -2.21. The van der Waals surface area contributed by atoms with Gasteiger partial charge in [0.2, 0.25) is 5.91 Å². The highest BCUT2D eigenvalue weighted by molar-refractivity contribution is 5.75. The van der Waals surface area contributed by atoms with E-state index in [9.17, 15) is 9.59 Å². The zero-order valence-corrected chi connectivity index (χ0v) is 9.60. The SMILES string of the molecule is CC(C)N(C)C(=O)Cn1ccn(C)c1=O. The highest BCUT2D eigenvalue weighted by atomic mass is 16.2. The zero-order valence-electron chi connectivity index (χ0n) is 9.60. The first-order chi connectivity index (χ1) is 6.93. The third-order valence-corrected chi connectivity index (χ3v) is 2.49. The lowest BCUT2D eigenvalue weighted by atomic mass is 10.3. The van der Waals surface area contributed by atoms with E-state index in [1.165, 1.54) is 9.13 Å². The minimum atomic E-state index is -0.166. The largest absolute Gasteiger partial charge is 0.342 e. The average Bonchev–Trinajstić information content (AvgIpc) is 2.48. The summed E-state index contributed by atoms with van der Waals surface area (Å²) in [6.07, 6.45) is 3.26. The highest BCUT2D eigenvalue weighted by Gasteiger charge is 2.13. The van der Waals surface area contributed by atoms with Gasteiger partial charge in [0.1, 0.15) is 6.54 Å². The van der Waals surface area contributed by atoms with Crippen LogP contribution in [0.3, 0.4) is 0 Å². The molecule has 1 aromatic rings. The fourth-order valence-electron chi connectivity index (χ4n) is 1.18. The summed E-state index contributed by atoms with van der Waals surface area (Å²) in [5.41, 5.74) is -0.166. The Morgan fingerprint density at radius 2 is 2.07 bits per heavy atom. The molecule has 0 spiro atoms. The molecule has 1 aromatic heterocycles. The van der Waals surface area contributed by atoms with Crippen molar-refractivity contribution in [3.05, 3.63) is 22.9 Å². The van der Waals surface area contributed by atoms with E-state index in [4.69, 9.17) is 0 Å². The van der Waals surface area contributed by atoms with E-state index in [2.05, 4.69) is 0 Å². The van der Waals surface area contributed by atoms with Crippen LogP contribution in [-0.2, 0) is 18.4 Å². The third kappa shape index (κ3) is 2.49. The standard InChI is InChI=1S/C10H17N3O2/c1-8(2)12(4)9(14)7-13-6-5-11(3)10(13)15/h5-6,8H,7H2,1-4H3. The van der Waals surface area contributed by atoms with Crippen molar-refractivity contribution in [1.29, 1.82) is 0 Å². The molecular weight excluding hydrogens is 194 g/mol. The summed E-state index contributed by atoms with van der Waals surface area (Å²) < 4.78 is 2.85. The predicted molar refractivity (Wildman–Crippen MR) is 57.6 cm³/mol. The van der Waals surface area contributed by atoms with Crippen molar-refractivity contribution >= 4 is 5.91 Å². The van der Waals surface area contributed by atoms with Gasteiger partial charge in [-0.3, -0.25) is 9.36 Å². The van der Waals surface area contributed by atoms with Gasteiger partial charge < -0.3 is 9.47 Å². The van der Waals surface area contributed by atoms with E-state index >= 15 is 0 Å². The monoisotopic (exact) mass is 211 g/mol. The minimum Gasteiger partial charge on any atom is -0.342 e. The van der Waals surface area contributed by atoms with Gasteiger partial charge in [0.15, 0.2) is 0 Å². The summed E-state index contributed by atoms with van der Waals surface area (Å²) in [6.45, 7) is 3.98. The van der Waals surface area contributed by atoms with Gasteiger partial charge in [0.05, 0.1) is 0 Å². The molecule has 0 aliphatic rings. The molecule has 0 radical (unpaired) electrons. The van der Waals surface area contributed by atoms with Gasteiger partial charge >= 0.3 is 5.69 Å². The molecule has 1 amide bonds.